The number of amides is 1. The molecule has 0 radical (unpaired) electrons. The number of aliphatic imine (C=N–C) groups is 1. The highest BCUT2D eigenvalue weighted by Crippen LogP contribution is 2.41. The molecule has 0 bridgehead atoms. The molecule has 1 amide bonds. The molecule has 0 N–H and O–H groups in total. The van der Waals surface area contributed by atoms with E-state index in [2.05, 4.69) is 4.99 Å². The number of ether oxygens (including phenoxy) is 2. The number of rotatable bonds is 5. The van der Waals surface area contributed by atoms with E-state index in [0.717, 1.165) is 5.56 Å². The van der Waals surface area contributed by atoms with Gasteiger partial charge in [-0.2, -0.15) is 0 Å². The van der Waals surface area contributed by atoms with Crippen LogP contribution in [0.4, 0.5) is 0 Å². The fraction of sp³-hybridized carbons (Fsp3) is 0.292. The Kier molecular flexibility index (Phi) is 6.13. The Bertz CT molecular complexity index is 1060. The van der Waals surface area contributed by atoms with E-state index in [1.165, 1.54) is 11.8 Å². The highest BCUT2D eigenvalue weighted by atomic mass is 32.2. The van der Waals surface area contributed by atoms with Crippen LogP contribution in [0.1, 0.15) is 38.8 Å². The highest BCUT2D eigenvalue weighted by Gasteiger charge is 2.41. The van der Waals surface area contributed by atoms with Crippen LogP contribution in [0, 0.1) is 0 Å². The molecule has 2 aromatic carbocycles. The Morgan fingerprint density at radius 1 is 1.13 bits per heavy atom. The van der Waals surface area contributed by atoms with Crippen molar-refractivity contribution in [3.63, 3.8) is 0 Å². The summed E-state index contributed by atoms with van der Waals surface area (Å²) in [6, 6.07) is 16.3. The summed E-state index contributed by atoms with van der Waals surface area (Å²) in [6.45, 7) is 5.39. The summed E-state index contributed by atoms with van der Waals surface area (Å²) in [4.78, 5) is 32.1. The number of carbonyl (C=O) groups excluding carboxylic acids is 2. The molecular weight excluding hydrogens is 412 g/mol. The minimum atomic E-state index is -0.613. The van der Waals surface area contributed by atoms with Crippen LogP contribution in [0.25, 0.3) is 0 Å². The molecule has 0 spiro atoms. The molecule has 0 unspecified atom stereocenters. The number of para-hydroxylation sites is 1. The van der Waals surface area contributed by atoms with E-state index in [0.29, 0.717) is 40.1 Å². The van der Waals surface area contributed by atoms with Crippen molar-refractivity contribution in [3.8, 4) is 11.5 Å². The molecule has 31 heavy (non-hydrogen) atoms. The number of carbonyl (C=O) groups is 2. The first-order valence-electron chi connectivity index (χ1n) is 10.2. The Morgan fingerprint density at radius 2 is 1.87 bits per heavy atom. The Labute approximate surface area is 185 Å². The lowest BCUT2D eigenvalue weighted by molar-refractivity contribution is -0.143. The number of fused-ring (bicyclic) bond motifs is 1. The largest absolute Gasteiger partial charge is 0.459 e. The summed E-state index contributed by atoms with van der Waals surface area (Å²) in [5.74, 6) is 1.49. The molecular formula is C24H24N2O4S. The average molecular weight is 437 g/mol. The van der Waals surface area contributed by atoms with E-state index in [9.17, 15) is 9.59 Å². The van der Waals surface area contributed by atoms with Crippen molar-refractivity contribution in [3.05, 3.63) is 71.4 Å². The van der Waals surface area contributed by atoms with E-state index in [4.69, 9.17) is 9.47 Å². The van der Waals surface area contributed by atoms with Gasteiger partial charge < -0.3 is 9.47 Å². The Hall–Kier alpha value is -3.06. The maximum Gasteiger partial charge on any atom is 0.338 e. The lowest BCUT2D eigenvalue weighted by Gasteiger charge is -2.39. The van der Waals surface area contributed by atoms with Gasteiger partial charge in [-0.3, -0.25) is 9.69 Å². The minimum absolute atomic E-state index is 0.0563. The van der Waals surface area contributed by atoms with Gasteiger partial charge in [-0.1, -0.05) is 42.1 Å². The first-order valence-corrected chi connectivity index (χ1v) is 11.2. The van der Waals surface area contributed by atoms with Crippen LogP contribution in [-0.2, 0) is 14.3 Å². The lowest BCUT2D eigenvalue weighted by Crippen LogP contribution is -2.46. The van der Waals surface area contributed by atoms with Gasteiger partial charge in [0.05, 0.1) is 23.4 Å². The summed E-state index contributed by atoms with van der Waals surface area (Å²) in [5.41, 5.74) is 1.72. The molecule has 7 heteroatoms. The zero-order valence-corrected chi connectivity index (χ0v) is 18.5. The van der Waals surface area contributed by atoms with Gasteiger partial charge in [0.15, 0.2) is 5.17 Å². The van der Waals surface area contributed by atoms with Gasteiger partial charge >= 0.3 is 5.97 Å². The van der Waals surface area contributed by atoms with Crippen molar-refractivity contribution >= 4 is 28.8 Å². The molecule has 0 aliphatic carbocycles. The van der Waals surface area contributed by atoms with Gasteiger partial charge in [0.1, 0.15) is 11.5 Å². The van der Waals surface area contributed by atoms with Gasteiger partial charge in [-0.05, 0) is 50.6 Å². The number of allylic oxidation sites excluding steroid dienone is 1. The number of benzene rings is 2. The molecule has 2 heterocycles. The van der Waals surface area contributed by atoms with Crippen LogP contribution >= 0.6 is 11.8 Å². The second-order valence-electron chi connectivity index (χ2n) is 7.60. The molecule has 2 aliphatic heterocycles. The zero-order chi connectivity index (χ0) is 22.0. The number of esters is 1. The Morgan fingerprint density at radius 3 is 2.61 bits per heavy atom. The molecule has 6 nitrogen and oxygen atoms in total. The van der Waals surface area contributed by atoms with Crippen LogP contribution in [-0.4, -0.2) is 33.8 Å². The van der Waals surface area contributed by atoms with E-state index in [1.807, 2.05) is 54.6 Å². The molecule has 4 rings (SSSR count). The molecule has 0 saturated carbocycles. The van der Waals surface area contributed by atoms with Crippen molar-refractivity contribution in [2.24, 2.45) is 4.99 Å². The molecule has 2 aromatic rings. The molecule has 0 aromatic heterocycles. The average Bonchev–Trinajstić information content (AvgIpc) is 2.73. The number of thioether (sulfide) groups is 1. The van der Waals surface area contributed by atoms with Crippen LogP contribution in [0.3, 0.4) is 0 Å². The van der Waals surface area contributed by atoms with Gasteiger partial charge in [-0.15, -0.1) is 0 Å². The maximum atomic E-state index is 13.0. The van der Waals surface area contributed by atoms with Gasteiger partial charge in [0.2, 0.25) is 5.91 Å². The van der Waals surface area contributed by atoms with Crippen molar-refractivity contribution in [2.45, 2.75) is 39.3 Å². The predicted octanol–water partition coefficient (Wildman–Crippen LogP) is 5.08. The lowest BCUT2D eigenvalue weighted by atomic mass is 9.94. The molecule has 160 valence electrons. The van der Waals surface area contributed by atoms with Crippen molar-refractivity contribution in [2.75, 3.05) is 5.75 Å². The van der Waals surface area contributed by atoms with Crippen LogP contribution in [0.15, 0.2) is 70.9 Å². The van der Waals surface area contributed by atoms with Gasteiger partial charge in [0.25, 0.3) is 0 Å². The Balaban J connectivity index is 1.77. The summed E-state index contributed by atoms with van der Waals surface area (Å²) < 4.78 is 11.5. The molecule has 1 atom stereocenters. The summed E-state index contributed by atoms with van der Waals surface area (Å²) >= 11 is 1.53. The van der Waals surface area contributed by atoms with E-state index in [1.54, 1.807) is 25.7 Å². The monoisotopic (exact) mass is 436 g/mol. The first kappa shape index (κ1) is 21.2. The third kappa shape index (κ3) is 4.51. The third-order valence-electron chi connectivity index (χ3n) is 4.92. The highest BCUT2D eigenvalue weighted by molar-refractivity contribution is 8.14. The zero-order valence-electron chi connectivity index (χ0n) is 17.7. The topological polar surface area (TPSA) is 68.2 Å². The van der Waals surface area contributed by atoms with Crippen LogP contribution in [0.5, 0.6) is 11.5 Å². The SMILES string of the molecule is CC1=C(C(=O)OC(C)C)[C@@H](c2cccc(Oc3ccccc3)c2)N2C(=O)CCSC2=N1. The van der Waals surface area contributed by atoms with Crippen LogP contribution < -0.4 is 4.74 Å². The minimum Gasteiger partial charge on any atom is -0.459 e. The molecule has 2 aliphatic rings. The van der Waals surface area contributed by atoms with E-state index in [-0.39, 0.29) is 12.0 Å². The summed E-state index contributed by atoms with van der Waals surface area (Å²) in [6.07, 6.45) is 0.115. The number of hydrogen-bond donors (Lipinski definition) is 0. The van der Waals surface area contributed by atoms with Gasteiger partial charge in [0, 0.05) is 12.2 Å². The van der Waals surface area contributed by atoms with Gasteiger partial charge in [-0.25, -0.2) is 9.79 Å². The normalized spacial score (nSPS) is 18.6. The number of amidine groups is 1. The molecule has 1 fully saturated rings. The second kappa shape index (κ2) is 8.98. The number of nitrogens with zero attached hydrogens (tertiary/aromatic N) is 2. The second-order valence-corrected chi connectivity index (χ2v) is 8.66. The third-order valence-corrected chi connectivity index (χ3v) is 5.88. The van der Waals surface area contributed by atoms with E-state index < -0.39 is 12.0 Å². The smallest absolute Gasteiger partial charge is 0.338 e. The number of hydrogen-bond acceptors (Lipinski definition) is 6. The van der Waals surface area contributed by atoms with E-state index >= 15 is 0 Å². The van der Waals surface area contributed by atoms with Crippen molar-refractivity contribution in [1.82, 2.24) is 4.90 Å². The van der Waals surface area contributed by atoms with Crippen molar-refractivity contribution < 1.29 is 19.1 Å². The fourth-order valence-corrected chi connectivity index (χ4v) is 4.63. The van der Waals surface area contributed by atoms with Crippen LogP contribution in [0.2, 0.25) is 0 Å². The standard InChI is InChI=1S/C24H24N2O4S/c1-15(2)29-23(28)21-16(3)25-24-26(20(27)12-13-31-24)22(21)17-8-7-11-19(14-17)30-18-9-5-4-6-10-18/h4-11,14-15,22H,12-13H2,1-3H3/t22-/m1/s1. The predicted molar refractivity (Wildman–Crippen MR) is 121 cm³/mol. The first-order chi connectivity index (χ1) is 14.9. The fourth-order valence-electron chi connectivity index (χ4n) is 3.62. The summed E-state index contributed by atoms with van der Waals surface area (Å²) in [5, 5.41) is 0.620. The quantitative estimate of drug-likeness (QED) is 0.612. The van der Waals surface area contributed by atoms with Crippen molar-refractivity contribution in [1.29, 1.82) is 0 Å². The summed E-state index contributed by atoms with van der Waals surface area (Å²) in [7, 11) is 0. The molecule has 1 saturated heterocycles. The maximum absolute atomic E-state index is 13.0.